The lowest BCUT2D eigenvalue weighted by molar-refractivity contribution is -0.141. The van der Waals surface area contributed by atoms with Gasteiger partial charge in [0.1, 0.15) is 0 Å². The van der Waals surface area contributed by atoms with Gasteiger partial charge in [0.05, 0.1) is 11.0 Å². The molecule has 0 saturated carbocycles. The van der Waals surface area contributed by atoms with Crippen molar-refractivity contribution in [3.05, 3.63) is 0 Å². The van der Waals surface area contributed by atoms with Crippen LogP contribution in [0, 0.1) is 0 Å². The van der Waals surface area contributed by atoms with Crippen LogP contribution in [0.1, 0.15) is 19.3 Å². The third-order valence-electron chi connectivity index (χ3n) is 2.38. The molecule has 1 rings (SSSR count). The zero-order chi connectivity index (χ0) is 13.7. The van der Waals surface area contributed by atoms with Crippen molar-refractivity contribution in [2.24, 2.45) is 0 Å². The van der Waals surface area contributed by atoms with E-state index in [9.17, 15) is 19.2 Å². The zero-order valence-electron chi connectivity index (χ0n) is 9.50. The van der Waals surface area contributed by atoms with Gasteiger partial charge in [0.2, 0.25) is 11.8 Å². The number of aliphatic carboxylic acids is 2. The second-order valence-electron chi connectivity index (χ2n) is 3.78. The maximum absolute atomic E-state index is 11.7. The molecule has 1 heterocycles. The highest BCUT2D eigenvalue weighted by atomic mass is 32.2. The second kappa shape index (κ2) is 6.39. The number of thioether (sulfide) groups is 1. The molecule has 1 aliphatic rings. The average Bonchev–Trinajstić information content (AvgIpc) is 2.53. The maximum Gasteiger partial charge on any atom is 0.313 e. The lowest BCUT2D eigenvalue weighted by Crippen LogP contribution is -2.32. The van der Waals surface area contributed by atoms with E-state index in [0.29, 0.717) is 0 Å². The monoisotopic (exact) mass is 275 g/mol. The molecule has 1 unspecified atom stereocenters. The van der Waals surface area contributed by atoms with E-state index in [1.54, 1.807) is 0 Å². The molecule has 100 valence electrons. The molecule has 1 fully saturated rings. The van der Waals surface area contributed by atoms with Gasteiger partial charge in [0.25, 0.3) is 0 Å². The summed E-state index contributed by atoms with van der Waals surface area (Å²) in [5, 5.41) is 16.3. The maximum atomic E-state index is 11.7. The Balaban J connectivity index is 2.45. The number of carbonyl (C=O) groups is 4. The molecular formula is C10H13NO6S. The summed E-state index contributed by atoms with van der Waals surface area (Å²) in [5.41, 5.74) is 0. The van der Waals surface area contributed by atoms with Crippen molar-refractivity contribution in [3.8, 4) is 0 Å². The molecule has 8 heteroatoms. The molecule has 0 aromatic carbocycles. The molecule has 1 saturated heterocycles. The Morgan fingerprint density at radius 2 is 1.94 bits per heavy atom. The lowest BCUT2D eigenvalue weighted by atomic mass is 10.3. The highest BCUT2D eigenvalue weighted by Crippen LogP contribution is 2.25. The Kier molecular flexibility index (Phi) is 5.14. The van der Waals surface area contributed by atoms with Crippen LogP contribution in [0.4, 0.5) is 0 Å². The average molecular weight is 275 g/mol. The standard InChI is InChI=1S/C10H13NO6S/c12-7-4-6(18-5-9(15)16)10(17)11(7)3-1-2-8(13)14/h6H,1-5H2,(H,13,14)(H,15,16). The Hall–Kier alpha value is -1.57. The van der Waals surface area contributed by atoms with Gasteiger partial charge in [-0.05, 0) is 6.42 Å². The Morgan fingerprint density at radius 1 is 1.28 bits per heavy atom. The van der Waals surface area contributed by atoms with Crippen LogP contribution in [0.5, 0.6) is 0 Å². The molecule has 1 atom stereocenters. The van der Waals surface area contributed by atoms with Gasteiger partial charge in [-0.2, -0.15) is 0 Å². The zero-order valence-corrected chi connectivity index (χ0v) is 10.3. The highest BCUT2D eigenvalue weighted by molar-refractivity contribution is 8.01. The van der Waals surface area contributed by atoms with E-state index in [0.717, 1.165) is 16.7 Å². The highest BCUT2D eigenvalue weighted by Gasteiger charge is 2.38. The number of imide groups is 1. The fourth-order valence-corrected chi connectivity index (χ4v) is 2.45. The summed E-state index contributed by atoms with van der Waals surface area (Å²) in [7, 11) is 0. The van der Waals surface area contributed by atoms with E-state index < -0.39 is 23.1 Å². The van der Waals surface area contributed by atoms with E-state index in [4.69, 9.17) is 10.2 Å². The Morgan fingerprint density at radius 3 is 2.50 bits per heavy atom. The van der Waals surface area contributed by atoms with Crippen molar-refractivity contribution in [3.63, 3.8) is 0 Å². The number of hydrogen-bond acceptors (Lipinski definition) is 5. The van der Waals surface area contributed by atoms with Crippen molar-refractivity contribution in [2.75, 3.05) is 12.3 Å². The minimum Gasteiger partial charge on any atom is -0.481 e. The van der Waals surface area contributed by atoms with Crippen LogP contribution in [0.25, 0.3) is 0 Å². The molecular weight excluding hydrogens is 262 g/mol. The summed E-state index contributed by atoms with van der Waals surface area (Å²) in [6, 6.07) is 0. The predicted molar refractivity (Wildman–Crippen MR) is 62.1 cm³/mol. The number of hydrogen-bond donors (Lipinski definition) is 2. The van der Waals surface area contributed by atoms with Crippen molar-refractivity contribution < 1.29 is 29.4 Å². The Bertz CT molecular complexity index is 383. The third kappa shape index (κ3) is 4.02. The van der Waals surface area contributed by atoms with Crippen LogP contribution in [-0.4, -0.2) is 56.4 Å². The topological polar surface area (TPSA) is 112 Å². The molecule has 0 spiro atoms. The van der Waals surface area contributed by atoms with Gasteiger partial charge < -0.3 is 10.2 Å². The number of carboxylic acids is 2. The Labute approximate surface area is 107 Å². The summed E-state index contributed by atoms with van der Waals surface area (Å²) in [6.07, 6.45) is 0.0942. The molecule has 18 heavy (non-hydrogen) atoms. The number of rotatable bonds is 7. The molecule has 0 aromatic rings. The number of likely N-dealkylation sites (tertiary alicyclic amines) is 1. The van der Waals surface area contributed by atoms with Gasteiger partial charge >= 0.3 is 11.9 Å². The molecule has 2 N–H and O–H groups in total. The molecule has 0 bridgehead atoms. The van der Waals surface area contributed by atoms with E-state index in [-0.39, 0.29) is 37.5 Å². The molecule has 0 aliphatic carbocycles. The van der Waals surface area contributed by atoms with Crippen LogP contribution < -0.4 is 0 Å². The first-order chi connectivity index (χ1) is 8.41. The first kappa shape index (κ1) is 14.5. The summed E-state index contributed by atoms with van der Waals surface area (Å²) < 4.78 is 0. The molecule has 2 amide bonds. The minimum absolute atomic E-state index is 0.0101. The van der Waals surface area contributed by atoms with E-state index in [2.05, 4.69) is 0 Å². The second-order valence-corrected chi connectivity index (χ2v) is 4.97. The van der Waals surface area contributed by atoms with Gasteiger partial charge in [-0.3, -0.25) is 24.1 Å². The van der Waals surface area contributed by atoms with E-state index in [1.807, 2.05) is 0 Å². The number of carbonyl (C=O) groups excluding carboxylic acids is 2. The van der Waals surface area contributed by atoms with Gasteiger partial charge in [-0.15, -0.1) is 11.8 Å². The van der Waals surface area contributed by atoms with Crippen LogP contribution in [0.2, 0.25) is 0 Å². The van der Waals surface area contributed by atoms with Crippen LogP contribution >= 0.6 is 11.8 Å². The summed E-state index contributed by atoms with van der Waals surface area (Å²) in [5.74, 6) is -3.03. The van der Waals surface area contributed by atoms with Crippen molar-refractivity contribution in [1.29, 1.82) is 0 Å². The van der Waals surface area contributed by atoms with Crippen molar-refractivity contribution in [1.82, 2.24) is 4.90 Å². The van der Waals surface area contributed by atoms with Crippen molar-refractivity contribution in [2.45, 2.75) is 24.5 Å². The van der Waals surface area contributed by atoms with Crippen LogP contribution in [0.3, 0.4) is 0 Å². The number of nitrogens with zero attached hydrogens (tertiary/aromatic N) is 1. The normalized spacial score (nSPS) is 19.3. The minimum atomic E-state index is -1.04. The van der Waals surface area contributed by atoms with Crippen molar-refractivity contribution >= 4 is 35.5 Å². The van der Waals surface area contributed by atoms with Crippen LogP contribution in [-0.2, 0) is 19.2 Å². The van der Waals surface area contributed by atoms with Gasteiger partial charge in [-0.25, -0.2) is 0 Å². The first-order valence-corrected chi connectivity index (χ1v) is 6.36. The fraction of sp³-hybridized carbons (Fsp3) is 0.600. The molecule has 0 aromatic heterocycles. The van der Waals surface area contributed by atoms with E-state index >= 15 is 0 Å². The largest absolute Gasteiger partial charge is 0.481 e. The van der Waals surface area contributed by atoms with E-state index in [1.165, 1.54) is 0 Å². The summed E-state index contributed by atoms with van der Waals surface area (Å²) >= 11 is 0.920. The lowest BCUT2D eigenvalue weighted by Gasteiger charge is -2.13. The predicted octanol–water partition coefficient (Wildman–Crippen LogP) is -0.203. The number of amides is 2. The summed E-state index contributed by atoms with van der Waals surface area (Å²) in [6.45, 7) is 0.0775. The first-order valence-electron chi connectivity index (χ1n) is 5.31. The fourth-order valence-electron chi connectivity index (χ4n) is 1.58. The molecule has 7 nitrogen and oxygen atoms in total. The molecule has 0 radical (unpaired) electrons. The molecule has 1 aliphatic heterocycles. The quantitative estimate of drug-likeness (QED) is 0.618. The van der Waals surface area contributed by atoms with Gasteiger partial charge in [0, 0.05) is 19.4 Å². The smallest absolute Gasteiger partial charge is 0.313 e. The number of carboxylic acid groups (broad SMARTS) is 2. The van der Waals surface area contributed by atoms with Gasteiger partial charge in [-0.1, -0.05) is 0 Å². The summed E-state index contributed by atoms with van der Waals surface area (Å²) in [4.78, 5) is 45.0. The SMILES string of the molecule is O=C(O)CCCN1C(=O)CC(SCC(=O)O)C1=O. The van der Waals surface area contributed by atoms with Crippen LogP contribution in [0.15, 0.2) is 0 Å². The van der Waals surface area contributed by atoms with Gasteiger partial charge in [0.15, 0.2) is 0 Å². The third-order valence-corrected chi connectivity index (χ3v) is 3.57.